The summed E-state index contributed by atoms with van der Waals surface area (Å²) in [4.78, 5) is 1.27. The summed E-state index contributed by atoms with van der Waals surface area (Å²) in [5, 5.41) is 3.43. The van der Waals surface area contributed by atoms with E-state index in [1.165, 1.54) is 16.0 Å². The molecule has 0 saturated heterocycles. The molecule has 0 radical (unpaired) electrons. The SMILES string of the molecule is Clc1ccc(CNCc2ccc3c(c2)CCO3)s1. The van der Waals surface area contributed by atoms with Crippen LogP contribution in [0, 0.1) is 0 Å². The highest BCUT2D eigenvalue weighted by molar-refractivity contribution is 7.16. The summed E-state index contributed by atoms with van der Waals surface area (Å²) in [6, 6.07) is 10.4. The number of halogens is 1. The van der Waals surface area contributed by atoms with Gasteiger partial charge in [0.2, 0.25) is 0 Å². The van der Waals surface area contributed by atoms with E-state index in [0.29, 0.717) is 0 Å². The maximum atomic E-state index is 5.90. The molecular weight excluding hydrogens is 266 g/mol. The Bertz CT molecular complexity index is 552. The van der Waals surface area contributed by atoms with Crippen molar-refractivity contribution in [2.24, 2.45) is 0 Å². The fraction of sp³-hybridized carbons (Fsp3) is 0.286. The van der Waals surface area contributed by atoms with E-state index in [-0.39, 0.29) is 0 Å². The van der Waals surface area contributed by atoms with E-state index in [0.717, 1.165) is 36.2 Å². The third-order valence-corrected chi connectivity index (χ3v) is 4.24. The Morgan fingerprint density at radius 1 is 1.22 bits per heavy atom. The van der Waals surface area contributed by atoms with Crippen LogP contribution in [0.3, 0.4) is 0 Å². The lowest BCUT2D eigenvalue weighted by atomic mass is 10.1. The van der Waals surface area contributed by atoms with Crippen LogP contribution in [0.4, 0.5) is 0 Å². The fourth-order valence-corrected chi connectivity index (χ4v) is 3.18. The van der Waals surface area contributed by atoms with Gasteiger partial charge < -0.3 is 10.1 Å². The summed E-state index contributed by atoms with van der Waals surface area (Å²) in [6.07, 6.45) is 1.03. The molecule has 2 heterocycles. The third kappa shape index (κ3) is 2.69. The maximum Gasteiger partial charge on any atom is 0.122 e. The number of hydrogen-bond donors (Lipinski definition) is 1. The van der Waals surface area contributed by atoms with Crippen LogP contribution in [0.2, 0.25) is 4.34 Å². The summed E-state index contributed by atoms with van der Waals surface area (Å²) in [5.41, 5.74) is 2.63. The monoisotopic (exact) mass is 279 g/mol. The maximum absolute atomic E-state index is 5.90. The Morgan fingerprint density at radius 2 is 2.17 bits per heavy atom. The topological polar surface area (TPSA) is 21.3 Å². The van der Waals surface area contributed by atoms with Crippen molar-refractivity contribution in [3.63, 3.8) is 0 Å². The predicted molar refractivity (Wildman–Crippen MR) is 75.5 cm³/mol. The minimum atomic E-state index is 0.819. The summed E-state index contributed by atoms with van der Waals surface area (Å²) < 4.78 is 6.35. The molecule has 0 unspecified atom stereocenters. The first-order chi connectivity index (χ1) is 8.81. The van der Waals surface area contributed by atoms with E-state index in [1.54, 1.807) is 11.3 Å². The zero-order valence-electron chi connectivity index (χ0n) is 9.91. The first-order valence-electron chi connectivity index (χ1n) is 6.01. The highest BCUT2D eigenvalue weighted by atomic mass is 35.5. The average molecular weight is 280 g/mol. The van der Waals surface area contributed by atoms with E-state index in [9.17, 15) is 0 Å². The van der Waals surface area contributed by atoms with Crippen LogP contribution < -0.4 is 10.1 Å². The molecule has 1 aliphatic rings. The molecule has 1 N–H and O–H groups in total. The number of benzene rings is 1. The van der Waals surface area contributed by atoms with Gasteiger partial charge in [0.25, 0.3) is 0 Å². The Labute approximate surface area is 116 Å². The summed E-state index contributed by atoms with van der Waals surface area (Å²) >= 11 is 7.52. The van der Waals surface area contributed by atoms with E-state index < -0.39 is 0 Å². The summed E-state index contributed by atoms with van der Waals surface area (Å²) in [7, 11) is 0. The first-order valence-corrected chi connectivity index (χ1v) is 7.20. The molecule has 0 amide bonds. The van der Waals surface area contributed by atoms with Crippen molar-refractivity contribution < 1.29 is 4.74 Å². The number of thiophene rings is 1. The van der Waals surface area contributed by atoms with Crippen LogP contribution in [-0.4, -0.2) is 6.61 Å². The predicted octanol–water partition coefficient (Wildman–Crippen LogP) is 3.63. The number of nitrogens with one attached hydrogen (secondary N) is 1. The second kappa shape index (κ2) is 5.31. The van der Waals surface area contributed by atoms with Crippen molar-refractivity contribution in [1.82, 2.24) is 5.32 Å². The quantitative estimate of drug-likeness (QED) is 0.923. The molecule has 0 fully saturated rings. The lowest BCUT2D eigenvalue weighted by Gasteiger charge is -2.05. The van der Waals surface area contributed by atoms with Gasteiger partial charge in [-0.3, -0.25) is 0 Å². The van der Waals surface area contributed by atoms with Crippen LogP contribution >= 0.6 is 22.9 Å². The van der Waals surface area contributed by atoms with Gasteiger partial charge in [0.15, 0.2) is 0 Å². The zero-order chi connectivity index (χ0) is 12.4. The average Bonchev–Trinajstić information content (AvgIpc) is 2.97. The highest BCUT2D eigenvalue weighted by Crippen LogP contribution is 2.26. The molecule has 4 heteroatoms. The fourth-order valence-electron chi connectivity index (χ4n) is 2.13. The number of hydrogen-bond acceptors (Lipinski definition) is 3. The summed E-state index contributed by atoms with van der Waals surface area (Å²) in [5.74, 6) is 1.05. The molecule has 1 aromatic heterocycles. The Hall–Kier alpha value is -1.03. The number of rotatable bonds is 4. The van der Waals surface area contributed by atoms with Crippen molar-refractivity contribution >= 4 is 22.9 Å². The van der Waals surface area contributed by atoms with Gasteiger partial charge in [0, 0.05) is 24.4 Å². The van der Waals surface area contributed by atoms with Crippen molar-refractivity contribution in [3.8, 4) is 5.75 Å². The Kier molecular flexibility index (Phi) is 3.55. The second-order valence-corrected chi connectivity index (χ2v) is 6.15. The van der Waals surface area contributed by atoms with Crippen molar-refractivity contribution in [2.45, 2.75) is 19.5 Å². The van der Waals surface area contributed by atoms with Crippen LogP contribution in [0.5, 0.6) is 5.75 Å². The van der Waals surface area contributed by atoms with Crippen molar-refractivity contribution in [3.05, 3.63) is 50.7 Å². The lowest BCUT2D eigenvalue weighted by molar-refractivity contribution is 0.357. The molecule has 0 spiro atoms. The second-order valence-electron chi connectivity index (χ2n) is 4.35. The lowest BCUT2D eigenvalue weighted by Crippen LogP contribution is -2.11. The van der Waals surface area contributed by atoms with Gasteiger partial charge in [0.1, 0.15) is 5.75 Å². The highest BCUT2D eigenvalue weighted by Gasteiger charge is 2.11. The van der Waals surface area contributed by atoms with Gasteiger partial charge in [-0.1, -0.05) is 23.7 Å². The molecule has 3 rings (SSSR count). The Morgan fingerprint density at radius 3 is 3.00 bits per heavy atom. The van der Waals surface area contributed by atoms with Crippen molar-refractivity contribution in [1.29, 1.82) is 0 Å². The van der Waals surface area contributed by atoms with E-state index in [1.807, 2.05) is 6.07 Å². The molecular formula is C14H14ClNOS. The molecule has 2 nitrogen and oxygen atoms in total. The molecule has 2 aromatic rings. The molecule has 18 heavy (non-hydrogen) atoms. The van der Waals surface area contributed by atoms with E-state index >= 15 is 0 Å². The molecule has 0 atom stereocenters. The van der Waals surface area contributed by atoms with Gasteiger partial charge in [0.05, 0.1) is 10.9 Å². The van der Waals surface area contributed by atoms with Crippen LogP contribution in [-0.2, 0) is 19.5 Å². The van der Waals surface area contributed by atoms with E-state index in [2.05, 4.69) is 29.6 Å². The van der Waals surface area contributed by atoms with Crippen molar-refractivity contribution in [2.75, 3.05) is 6.61 Å². The van der Waals surface area contributed by atoms with Crippen LogP contribution in [0.15, 0.2) is 30.3 Å². The first kappa shape index (κ1) is 12.0. The van der Waals surface area contributed by atoms with Gasteiger partial charge >= 0.3 is 0 Å². The minimum Gasteiger partial charge on any atom is -0.493 e. The normalized spacial score (nSPS) is 13.4. The molecule has 0 saturated carbocycles. The molecule has 0 aliphatic carbocycles. The minimum absolute atomic E-state index is 0.819. The van der Waals surface area contributed by atoms with Crippen LogP contribution in [0.25, 0.3) is 0 Å². The van der Waals surface area contributed by atoms with Gasteiger partial charge in [-0.25, -0.2) is 0 Å². The van der Waals surface area contributed by atoms with Gasteiger partial charge in [-0.2, -0.15) is 0 Å². The molecule has 1 aliphatic heterocycles. The molecule has 94 valence electrons. The van der Waals surface area contributed by atoms with Gasteiger partial charge in [-0.05, 0) is 29.3 Å². The molecule has 0 bridgehead atoms. The largest absolute Gasteiger partial charge is 0.493 e. The number of ether oxygens (including phenoxy) is 1. The molecule has 1 aromatic carbocycles. The Balaban J connectivity index is 1.57. The third-order valence-electron chi connectivity index (χ3n) is 3.01. The standard InChI is InChI=1S/C14H14ClNOS/c15-14-4-2-12(18-14)9-16-8-10-1-3-13-11(7-10)5-6-17-13/h1-4,7,16H,5-6,8-9H2. The zero-order valence-corrected chi connectivity index (χ0v) is 11.5. The number of fused-ring (bicyclic) bond motifs is 1. The van der Waals surface area contributed by atoms with Crippen LogP contribution in [0.1, 0.15) is 16.0 Å². The van der Waals surface area contributed by atoms with E-state index in [4.69, 9.17) is 16.3 Å². The van der Waals surface area contributed by atoms with Gasteiger partial charge in [-0.15, -0.1) is 11.3 Å². The summed E-state index contributed by atoms with van der Waals surface area (Å²) in [6.45, 7) is 2.56. The smallest absolute Gasteiger partial charge is 0.122 e.